The minimum absolute atomic E-state index is 0.0186. The maximum Gasteiger partial charge on any atom is 0.593 e. The van der Waals surface area contributed by atoms with Crippen molar-refractivity contribution in [1.29, 1.82) is 0 Å². The second-order valence-electron chi connectivity index (χ2n) is 15.8. The number of piperidine rings is 1. The van der Waals surface area contributed by atoms with Gasteiger partial charge in [0.2, 0.25) is 11.3 Å². The summed E-state index contributed by atoms with van der Waals surface area (Å²) in [4.78, 5) is 78.7. The zero-order valence-electron chi connectivity index (χ0n) is 34.6. The van der Waals surface area contributed by atoms with E-state index in [0.717, 1.165) is 25.0 Å². The van der Waals surface area contributed by atoms with Gasteiger partial charge in [0.1, 0.15) is 29.7 Å². The maximum atomic E-state index is 16.1. The molecule has 65 heavy (non-hydrogen) atoms. The lowest BCUT2D eigenvalue weighted by atomic mass is 9.92. The van der Waals surface area contributed by atoms with Crippen molar-refractivity contribution in [2.45, 2.75) is 50.4 Å². The van der Waals surface area contributed by atoms with Gasteiger partial charge in [-0.25, -0.2) is 32.5 Å². The molecule has 0 spiro atoms. The Kier molecular flexibility index (Phi) is 12.4. The van der Waals surface area contributed by atoms with Gasteiger partial charge in [-0.1, -0.05) is 36.4 Å². The van der Waals surface area contributed by atoms with E-state index in [2.05, 4.69) is 5.32 Å². The van der Waals surface area contributed by atoms with E-state index in [0.29, 0.717) is 5.52 Å². The number of ether oxygens (including phenoxy) is 2. The minimum atomic E-state index is -5.28. The lowest BCUT2D eigenvalue weighted by Crippen LogP contribution is -2.49. The Morgan fingerprint density at radius 2 is 1.51 bits per heavy atom. The lowest BCUT2D eigenvalue weighted by molar-refractivity contribution is -0.119. The Morgan fingerprint density at radius 1 is 0.877 bits per heavy atom. The van der Waals surface area contributed by atoms with Gasteiger partial charge in [0.05, 0.1) is 41.1 Å². The number of carbonyl (C=O) groups is 5. The molecule has 1 aromatic heterocycles. The van der Waals surface area contributed by atoms with Crippen LogP contribution in [0.1, 0.15) is 69.7 Å². The third-order valence-corrected chi connectivity index (χ3v) is 12.6. The van der Waals surface area contributed by atoms with Crippen molar-refractivity contribution >= 4 is 60.0 Å². The fourth-order valence-corrected chi connectivity index (χ4v) is 9.09. The number of benzene rings is 4. The molecule has 2 saturated heterocycles. The summed E-state index contributed by atoms with van der Waals surface area (Å²) in [5.74, 6) is -6.16. The van der Waals surface area contributed by atoms with Crippen LogP contribution in [0.5, 0.6) is 5.75 Å². The molecule has 2 amide bonds. The summed E-state index contributed by atoms with van der Waals surface area (Å²) in [6.45, 7) is 0.665. The van der Waals surface area contributed by atoms with Crippen LogP contribution in [0.25, 0.3) is 10.9 Å². The Hall–Kier alpha value is -7.11. The van der Waals surface area contributed by atoms with Gasteiger partial charge in [-0.2, -0.15) is 0 Å². The Bertz CT molecular complexity index is 2740. The van der Waals surface area contributed by atoms with Crippen molar-refractivity contribution in [3.63, 3.8) is 0 Å². The summed E-state index contributed by atoms with van der Waals surface area (Å²) in [7, 11) is -5.28. The number of carbonyl (C=O) groups excluding carboxylic acids is 4. The smallest absolute Gasteiger partial charge is 0.487 e. The molecule has 1 aliphatic carbocycles. The number of rotatable bonds is 15. The SMILES string of the molecule is CC(=O)NC[C@H]1CN(c2ccc(OCC3(OP(=O)(OC(=O)c4ccccc4)OC(=O)c4ccccc4)CCN(c4cc5c(cc4F)c(=O)c(C(=O)O)cn5C4CC4)CC3)c(F)c2)C(=O)O1. The van der Waals surface area contributed by atoms with Crippen molar-refractivity contribution in [2.24, 2.45) is 0 Å². The molecular weight excluding hydrogens is 873 g/mol. The molecule has 0 unspecified atom stereocenters. The van der Waals surface area contributed by atoms with Gasteiger partial charge in [-0.15, -0.1) is 0 Å². The minimum Gasteiger partial charge on any atom is -0.487 e. The highest BCUT2D eigenvalue weighted by atomic mass is 31.2. The van der Waals surface area contributed by atoms with Crippen LogP contribution < -0.4 is 25.3 Å². The molecule has 2 aliphatic heterocycles. The number of halogens is 2. The third-order valence-electron chi connectivity index (χ3n) is 11.2. The molecule has 20 heteroatoms. The predicted octanol–water partition coefficient (Wildman–Crippen LogP) is 7.03. The molecule has 3 aliphatic rings. The normalized spacial score (nSPS) is 17.0. The first kappa shape index (κ1) is 44.5. The van der Waals surface area contributed by atoms with E-state index in [4.69, 9.17) is 23.0 Å². The predicted molar refractivity (Wildman–Crippen MR) is 228 cm³/mol. The second-order valence-corrected chi connectivity index (χ2v) is 17.2. The van der Waals surface area contributed by atoms with Gasteiger partial charge in [0.25, 0.3) is 0 Å². The highest BCUT2D eigenvalue weighted by Crippen LogP contribution is 2.56. The number of nitrogens with zero attached hydrogens (tertiary/aromatic N) is 3. The van der Waals surface area contributed by atoms with E-state index in [-0.39, 0.29) is 84.6 Å². The van der Waals surface area contributed by atoms with Crippen LogP contribution in [0.4, 0.5) is 25.0 Å². The van der Waals surface area contributed by atoms with Crippen LogP contribution in [0, 0.1) is 11.6 Å². The zero-order chi connectivity index (χ0) is 46.0. The monoisotopic (exact) mass is 914 g/mol. The summed E-state index contributed by atoms with van der Waals surface area (Å²) in [6, 6.07) is 20.9. The van der Waals surface area contributed by atoms with E-state index < -0.39 is 72.8 Å². The molecule has 338 valence electrons. The molecule has 1 atom stereocenters. The Morgan fingerprint density at radius 3 is 2.08 bits per heavy atom. The fraction of sp³-hybridized carbons (Fsp3) is 0.289. The number of aromatic nitrogens is 1. The summed E-state index contributed by atoms with van der Waals surface area (Å²) >= 11 is 0. The van der Waals surface area contributed by atoms with E-state index >= 15 is 8.78 Å². The standard InChI is InChI=1S/C45H41F2N4O13P/c1-27(52)48-23-32-24-51(44(58)61-32)31-14-15-39(36(47)20-31)60-26-45(64-65(59,62-42(56)28-8-4-2-5-9-28)63-43(57)29-10-6-3-7-11-29)16-18-49(19-17-45)38-22-37-33(21-35(38)46)40(53)34(41(54)55)25-50(37)30-12-13-30/h2-11,14-15,20-22,25,30,32H,12-13,16-19,23-24,26H2,1H3,(H,48,52)(H,54,55)/t32-/m0/s1. The number of aromatic carboxylic acids is 1. The van der Waals surface area contributed by atoms with Gasteiger partial charge < -0.3 is 38.4 Å². The van der Waals surface area contributed by atoms with E-state index in [1.807, 2.05) is 0 Å². The number of pyridine rings is 1. The second kappa shape index (κ2) is 18.2. The average molecular weight is 915 g/mol. The quantitative estimate of drug-likeness (QED) is 0.101. The molecular formula is C45H41F2N4O13P. The number of phosphoric ester groups is 1. The van der Waals surface area contributed by atoms with Crippen LogP contribution in [0.15, 0.2) is 102 Å². The largest absolute Gasteiger partial charge is 0.593 e. The lowest BCUT2D eigenvalue weighted by Gasteiger charge is -2.42. The number of fused-ring (bicyclic) bond motifs is 1. The van der Waals surface area contributed by atoms with Crippen molar-refractivity contribution in [3.8, 4) is 5.75 Å². The maximum absolute atomic E-state index is 16.1. The zero-order valence-corrected chi connectivity index (χ0v) is 35.5. The van der Waals surface area contributed by atoms with Crippen molar-refractivity contribution in [3.05, 3.63) is 136 Å². The number of nitrogens with one attached hydrogen (secondary N) is 1. The molecule has 17 nitrogen and oxygen atoms in total. The molecule has 4 aromatic carbocycles. The molecule has 0 radical (unpaired) electrons. The highest BCUT2D eigenvalue weighted by molar-refractivity contribution is 7.49. The summed E-state index contributed by atoms with van der Waals surface area (Å²) in [6.07, 6.45) is 0.911. The van der Waals surface area contributed by atoms with Crippen molar-refractivity contribution in [1.82, 2.24) is 9.88 Å². The molecule has 8 rings (SSSR count). The highest BCUT2D eigenvalue weighted by Gasteiger charge is 2.49. The number of carboxylic acids is 1. The Balaban J connectivity index is 1.10. The van der Waals surface area contributed by atoms with Gasteiger partial charge in [-0.3, -0.25) is 19.0 Å². The summed E-state index contributed by atoms with van der Waals surface area (Å²) in [5.41, 5.74) is -2.72. The van der Waals surface area contributed by atoms with Gasteiger partial charge in [-0.05, 0) is 74.2 Å². The number of phosphoric acid groups is 1. The number of amides is 2. The first-order chi connectivity index (χ1) is 31.1. The van der Waals surface area contributed by atoms with E-state index in [1.165, 1.54) is 84.8 Å². The first-order valence-electron chi connectivity index (χ1n) is 20.5. The number of anilines is 2. The van der Waals surface area contributed by atoms with E-state index in [9.17, 15) is 38.4 Å². The molecule has 2 N–H and O–H groups in total. The third kappa shape index (κ3) is 9.85. The van der Waals surface area contributed by atoms with Crippen LogP contribution >= 0.6 is 7.82 Å². The topological polar surface area (TPSA) is 209 Å². The van der Waals surface area contributed by atoms with Crippen LogP contribution in [0.3, 0.4) is 0 Å². The average Bonchev–Trinajstić information content (AvgIpc) is 4.06. The summed E-state index contributed by atoms with van der Waals surface area (Å²) < 4.78 is 76.6. The molecule has 0 bridgehead atoms. The van der Waals surface area contributed by atoms with Crippen molar-refractivity contribution < 1.29 is 65.5 Å². The summed E-state index contributed by atoms with van der Waals surface area (Å²) in [5, 5.41) is 12.2. The van der Waals surface area contributed by atoms with Crippen LogP contribution in [-0.2, 0) is 27.7 Å². The van der Waals surface area contributed by atoms with Crippen LogP contribution in [0.2, 0.25) is 0 Å². The fourth-order valence-electron chi connectivity index (χ4n) is 7.66. The first-order valence-corrected chi connectivity index (χ1v) is 22.0. The van der Waals surface area contributed by atoms with Gasteiger partial charge in [0, 0.05) is 43.7 Å². The molecule has 3 heterocycles. The van der Waals surface area contributed by atoms with E-state index in [1.54, 1.807) is 21.6 Å². The number of carboxylic acid groups (broad SMARTS) is 1. The molecule has 1 saturated carbocycles. The van der Waals surface area contributed by atoms with Crippen molar-refractivity contribution in [2.75, 3.05) is 42.6 Å². The van der Waals surface area contributed by atoms with Gasteiger partial charge in [0.15, 0.2) is 11.6 Å². The molecule has 3 fully saturated rings. The number of hydrogen-bond donors (Lipinski definition) is 2. The Labute approximate surface area is 369 Å². The number of cyclic esters (lactones) is 1. The molecule has 5 aromatic rings. The van der Waals surface area contributed by atoms with Crippen LogP contribution in [-0.4, -0.2) is 84.1 Å². The number of hydrogen-bond acceptors (Lipinski definition) is 13. The van der Waals surface area contributed by atoms with Gasteiger partial charge >= 0.3 is 31.8 Å².